The average molecular weight is 303 g/mol. The van der Waals surface area contributed by atoms with Crippen molar-refractivity contribution >= 4 is 27.5 Å². The lowest BCUT2D eigenvalue weighted by molar-refractivity contribution is 0.517. The Balaban J connectivity index is 2.32. The molecule has 1 heterocycles. The summed E-state index contributed by atoms with van der Waals surface area (Å²) in [4.78, 5) is 0. The van der Waals surface area contributed by atoms with Crippen LogP contribution in [-0.2, 0) is 0 Å². The molecule has 88 valence electrons. The zero-order valence-corrected chi connectivity index (χ0v) is 12.0. The molecule has 1 aliphatic rings. The van der Waals surface area contributed by atoms with Crippen LogP contribution in [0.5, 0.6) is 0 Å². The Kier molecular flexibility index (Phi) is 3.93. The molecule has 1 N–H and O–H groups in total. The van der Waals surface area contributed by atoms with E-state index in [1.165, 1.54) is 12.0 Å². The van der Waals surface area contributed by atoms with Crippen LogP contribution in [0.4, 0.5) is 0 Å². The molecule has 0 bridgehead atoms. The molecule has 1 aromatic rings. The summed E-state index contributed by atoms with van der Waals surface area (Å²) in [6, 6.07) is 7.29. The maximum atomic E-state index is 6.30. The van der Waals surface area contributed by atoms with Crippen molar-refractivity contribution in [1.29, 1.82) is 0 Å². The molecule has 3 unspecified atom stereocenters. The van der Waals surface area contributed by atoms with Gasteiger partial charge in [-0.05, 0) is 43.5 Å². The van der Waals surface area contributed by atoms with Gasteiger partial charge in [0.2, 0.25) is 0 Å². The maximum absolute atomic E-state index is 6.30. The summed E-state index contributed by atoms with van der Waals surface area (Å²) in [6.07, 6.45) is 2.33. The Morgan fingerprint density at radius 1 is 1.50 bits per heavy atom. The van der Waals surface area contributed by atoms with Gasteiger partial charge in [0.05, 0.1) is 0 Å². The second-order valence-corrected chi connectivity index (χ2v) is 5.91. The van der Waals surface area contributed by atoms with Gasteiger partial charge in [0, 0.05) is 27.5 Å². The molecular formula is C13H17BrClN. The fourth-order valence-corrected chi connectivity index (χ4v) is 3.28. The molecule has 1 aliphatic heterocycles. The second kappa shape index (κ2) is 5.07. The van der Waals surface area contributed by atoms with Gasteiger partial charge < -0.3 is 5.32 Å². The third-order valence-electron chi connectivity index (χ3n) is 3.39. The van der Waals surface area contributed by atoms with Gasteiger partial charge in [-0.1, -0.05) is 34.5 Å². The van der Waals surface area contributed by atoms with Crippen LogP contribution < -0.4 is 5.32 Å². The summed E-state index contributed by atoms with van der Waals surface area (Å²) in [5.74, 6) is 0.546. The number of benzene rings is 1. The fourth-order valence-electron chi connectivity index (χ4n) is 2.64. The molecule has 2 rings (SSSR count). The molecular weight excluding hydrogens is 286 g/mol. The van der Waals surface area contributed by atoms with Crippen LogP contribution in [-0.4, -0.2) is 12.1 Å². The Bertz CT molecular complexity index is 380. The minimum atomic E-state index is 0.546. The van der Waals surface area contributed by atoms with E-state index < -0.39 is 0 Å². The summed E-state index contributed by atoms with van der Waals surface area (Å²) in [7, 11) is 0. The summed E-state index contributed by atoms with van der Waals surface area (Å²) < 4.78 is 1.11. The highest BCUT2D eigenvalue weighted by Crippen LogP contribution is 2.37. The Labute approximate surface area is 111 Å². The summed E-state index contributed by atoms with van der Waals surface area (Å²) in [5, 5.41) is 4.52. The average Bonchev–Trinajstić information content (AvgIpc) is 2.63. The second-order valence-electron chi connectivity index (χ2n) is 4.59. The van der Waals surface area contributed by atoms with E-state index >= 15 is 0 Å². The van der Waals surface area contributed by atoms with Gasteiger partial charge in [-0.3, -0.25) is 0 Å². The first-order valence-electron chi connectivity index (χ1n) is 5.82. The van der Waals surface area contributed by atoms with E-state index in [0.717, 1.165) is 15.9 Å². The van der Waals surface area contributed by atoms with Crippen molar-refractivity contribution < 1.29 is 0 Å². The number of hydrogen-bond donors (Lipinski definition) is 1. The van der Waals surface area contributed by atoms with Gasteiger partial charge in [-0.15, -0.1) is 0 Å². The number of nitrogens with one attached hydrogen (secondary N) is 1. The minimum Gasteiger partial charge on any atom is -0.311 e. The van der Waals surface area contributed by atoms with Gasteiger partial charge in [0.15, 0.2) is 0 Å². The van der Waals surface area contributed by atoms with Crippen LogP contribution in [0.2, 0.25) is 5.02 Å². The number of rotatable bonds is 2. The molecule has 1 nitrogen and oxygen atoms in total. The van der Waals surface area contributed by atoms with E-state index in [-0.39, 0.29) is 0 Å². The fraction of sp³-hybridized carbons (Fsp3) is 0.538. The summed E-state index contributed by atoms with van der Waals surface area (Å²) in [5.41, 5.74) is 1.28. The minimum absolute atomic E-state index is 0.546. The molecule has 0 spiro atoms. The third kappa shape index (κ3) is 2.44. The van der Waals surface area contributed by atoms with Crippen molar-refractivity contribution in [3.8, 4) is 0 Å². The van der Waals surface area contributed by atoms with Gasteiger partial charge in [0.25, 0.3) is 0 Å². The van der Waals surface area contributed by atoms with Crippen molar-refractivity contribution in [3.05, 3.63) is 33.3 Å². The van der Waals surface area contributed by atoms with E-state index in [1.54, 1.807) is 0 Å². The van der Waals surface area contributed by atoms with Gasteiger partial charge in [0.1, 0.15) is 0 Å². The van der Waals surface area contributed by atoms with Crippen LogP contribution in [0.25, 0.3) is 0 Å². The molecule has 1 fully saturated rings. The lowest BCUT2D eigenvalue weighted by atomic mass is 9.90. The van der Waals surface area contributed by atoms with Gasteiger partial charge in [-0.25, -0.2) is 0 Å². The molecule has 3 atom stereocenters. The predicted octanol–water partition coefficient (Wildman–Crippen LogP) is 4.35. The highest BCUT2D eigenvalue weighted by atomic mass is 79.9. The zero-order chi connectivity index (χ0) is 11.7. The van der Waals surface area contributed by atoms with E-state index in [1.807, 2.05) is 12.1 Å². The first-order valence-corrected chi connectivity index (χ1v) is 7.00. The normalized spacial score (nSPS) is 29.6. The van der Waals surface area contributed by atoms with Crippen molar-refractivity contribution in [3.63, 3.8) is 0 Å². The molecule has 3 heteroatoms. The first kappa shape index (κ1) is 12.4. The Morgan fingerprint density at radius 2 is 2.25 bits per heavy atom. The lowest BCUT2D eigenvalue weighted by Gasteiger charge is -2.19. The highest BCUT2D eigenvalue weighted by Gasteiger charge is 2.32. The monoisotopic (exact) mass is 301 g/mol. The Morgan fingerprint density at radius 3 is 2.94 bits per heavy atom. The van der Waals surface area contributed by atoms with E-state index in [9.17, 15) is 0 Å². The smallest absolute Gasteiger partial charge is 0.0442 e. The molecule has 0 radical (unpaired) electrons. The SMILES string of the molecule is CCC1NC(C)CC1c1cc(Br)ccc1Cl. The molecule has 0 saturated carbocycles. The summed E-state index contributed by atoms with van der Waals surface area (Å²) >= 11 is 9.82. The molecule has 0 amide bonds. The molecule has 1 saturated heterocycles. The number of hydrogen-bond acceptors (Lipinski definition) is 1. The van der Waals surface area contributed by atoms with Crippen LogP contribution in [0.15, 0.2) is 22.7 Å². The van der Waals surface area contributed by atoms with Crippen molar-refractivity contribution in [2.75, 3.05) is 0 Å². The quantitative estimate of drug-likeness (QED) is 0.856. The maximum Gasteiger partial charge on any atom is 0.0442 e. The van der Waals surface area contributed by atoms with Crippen molar-refractivity contribution in [2.24, 2.45) is 0 Å². The highest BCUT2D eigenvalue weighted by molar-refractivity contribution is 9.10. The molecule has 1 aromatic carbocycles. The molecule has 16 heavy (non-hydrogen) atoms. The van der Waals surface area contributed by atoms with Crippen LogP contribution in [0.3, 0.4) is 0 Å². The van der Waals surface area contributed by atoms with Gasteiger partial charge >= 0.3 is 0 Å². The lowest BCUT2D eigenvalue weighted by Crippen LogP contribution is -2.28. The largest absolute Gasteiger partial charge is 0.311 e. The predicted molar refractivity (Wildman–Crippen MR) is 73.2 cm³/mol. The van der Waals surface area contributed by atoms with Crippen LogP contribution in [0, 0.1) is 0 Å². The Hall–Kier alpha value is -0.0500. The molecule has 0 aromatic heterocycles. The van der Waals surface area contributed by atoms with Crippen molar-refractivity contribution in [1.82, 2.24) is 5.32 Å². The van der Waals surface area contributed by atoms with Gasteiger partial charge in [-0.2, -0.15) is 0 Å². The molecule has 0 aliphatic carbocycles. The summed E-state index contributed by atoms with van der Waals surface area (Å²) in [6.45, 7) is 4.48. The van der Waals surface area contributed by atoms with Crippen LogP contribution in [0.1, 0.15) is 38.2 Å². The standard InChI is InChI=1S/C13H17BrClN/c1-3-13-11(6-8(2)16-13)10-7-9(14)4-5-12(10)15/h4-5,7-8,11,13,16H,3,6H2,1-2H3. The third-order valence-corrected chi connectivity index (χ3v) is 4.23. The van der Waals surface area contributed by atoms with E-state index in [0.29, 0.717) is 18.0 Å². The first-order chi connectivity index (χ1) is 7.61. The van der Waals surface area contributed by atoms with E-state index in [2.05, 4.69) is 41.2 Å². The van der Waals surface area contributed by atoms with E-state index in [4.69, 9.17) is 11.6 Å². The number of halogens is 2. The van der Waals surface area contributed by atoms with Crippen molar-refractivity contribution in [2.45, 2.75) is 44.7 Å². The van der Waals surface area contributed by atoms with Crippen LogP contribution >= 0.6 is 27.5 Å². The topological polar surface area (TPSA) is 12.0 Å². The zero-order valence-electron chi connectivity index (χ0n) is 9.63.